The zero-order valence-electron chi connectivity index (χ0n) is 15.3. The van der Waals surface area contributed by atoms with Crippen molar-refractivity contribution in [2.24, 2.45) is 0 Å². The summed E-state index contributed by atoms with van der Waals surface area (Å²) < 4.78 is 7.93. The summed E-state index contributed by atoms with van der Waals surface area (Å²) in [7, 11) is 0. The molecule has 0 saturated carbocycles. The molecule has 140 valence electrons. The van der Waals surface area contributed by atoms with E-state index < -0.39 is 0 Å². The second kappa shape index (κ2) is 9.23. The SMILES string of the molecule is CCn1c(SCC(=O)Nc2ccccc2)nnc1[C@@H](C)Oc1ccccc1. The standard InChI is InChI=1S/C20H22N4O2S/c1-3-24-19(15(2)26-17-12-8-5-9-13-17)22-23-20(24)27-14-18(25)21-16-10-6-4-7-11-16/h4-13,15H,3,14H2,1-2H3,(H,21,25)/t15-/m1/s1. The van der Waals surface area contributed by atoms with Gasteiger partial charge in [0.25, 0.3) is 0 Å². The predicted molar refractivity (Wildman–Crippen MR) is 107 cm³/mol. The second-order valence-electron chi connectivity index (χ2n) is 5.86. The maximum absolute atomic E-state index is 12.2. The lowest BCUT2D eigenvalue weighted by atomic mass is 10.3. The Hall–Kier alpha value is -2.80. The van der Waals surface area contributed by atoms with Crippen LogP contribution < -0.4 is 10.1 Å². The number of benzene rings is 2. The zero-order valence-corrected chi connectivity index (χ0v) is 16.1. The number of aromatic nitrogens is 3. The normalized spacial score (nSPS) is 11.8. The molecule has 0 aliphatic heterocycles. The van der Waals surface area contributed by atoms with Gasteiger partial charge in [0, 0.05) is 12.2 Å². The Morgan fingerprint density at radius 2 is 1.78 bits per heavy atom. The lowest BCUT2D eigenvalue weighted by Crippen LogP contribution is -2.15. The van der Waals surface area contributed by atoms with Gasteiger partial charge in [-0.1, -0.05) is 48.2 Å². The van der Waals surface area contributed by atoms with E-state index in [1.165, 1.54) is 11.8 Å². The molecule has 1 amide bonds. The molecule has 0 fully saturated rings. The van der Waals surface area contributed by atoms with Crippen LogP contribution in [0.15, 0.2) is 65.8 Å². The van der Waals surface area contributed by atoms with E-state index in [1.54, 1.807) is 0 Å². The molecule has 2 aromatic carbocycles. The summed E-state index contributed by atoms with van der Waals surface area (Å²) in [5.41, 5.74) is 0.783. The third-order valence-corrected chi connectivity index (χ3v) is 4.84. The van der Waals surface area contributed by atoms with Gasteiger partial charge in [-0.05, 0) is 38.1 Å². The van der Waals surface area contributed by atoms with Crippen LogP contribution in [0.2, 0.25) is 0 Å². The molecule has 27 heavy (non-hydrogen) atoms. The third kappa shape index (κ3) is 5.10. The fourth-order valence-corrected chi connectivity index (χ4v) is 3.42. The number of ether oxygens (including phenoxy) is 1. The van der Waals surface area contributed by atoms with Gasteiger partial charge in [0.1, 0.15) is 5.75 Å². The first-order chi connectivity index (χ1) is 13.2. The molecule has 0 unspecified atom stereocenters. The van der Waals surface area contributed by atoms with Crippen LogP contribution in [0.5, 0.6) is 5.75 Å². The lowest BCUT2D eigenvalue weighted by Gasteiger charge is -2.15. The highest BCUT2D eigenvalue weighted by molar-refractivity contribution is 7.99. The van der Waals surface area contributed by atoms with Gasteiger partial charge in [0.15, 0.2) is 17.1 Å². The smallest absolute Gasteiger partial charge is 0.234 e. The van der Waals surface area contributed by atoms with Gasteiger partial charge in [0.05, 0.1) is 5.75 Å². The van der Waals surface area contributed by atoms with Crippen LogP contribution in [-0.4, -0.2) is 26.4 Å². The van der Waals surface area contributed by atoms with E-state index in [2.05, 4.69) is 15.5 Å². The first kappa shape index (κ1) is 19.0. The molecule has 0 radical (unpaired) electrons. The minimum atomic E-state index is -0.243. The minimum absolute atomic E-state index is 0.0769. The number of carbonyl (C=O) groups is 1. The fraction of sp³-hybridized carbons (Fsp3) is 0.250. The number of hydrogen-bond acceptors (Lipinski definition) is 5. The molecule has 0 spiro atoms. The van der Waals surface area contributed by atoms with Gasteiger partial charge in [-0.2, -0.15) is 0 Å². The van der Waals surface area contributed by atoms with E-state index >= 15 is 0 Å². The number of rotatable bonds is 8. The summed E-state index contributed by atoms with van der Waals surface area (Å²) in [6.45, 7) is 4.67. The van der Waals surface area contributed by atoms with E-state index in [-0.39, 0.29) is 17.8 Å². The number of hydrogen-bond donors (Lipinski definition) is 1. The van der Waals surface area contributed by atoms with E-state index in [0.717, 1.165) is 17.3 Å². The lowest BCUT2D eigenvalue weighted by molar-refractivity contribution is -0.113. The number of anilines is 1. The molecule has 6 nitrogen and oxygen atoms in total. The van der Waals surface area contributed by atoms with Crippen LogP contribution in [0.4, 0.5) is 5.69 Å². The average molecular weight is 382 g/mol. The van der Waals surface area contributed by atoms with Gasteiger partial charge in [-0.3, -0.25) is 4.79 Å². The van der Waals surface area contributed by atoms with Crippen LogP contribution in [0.25, 0.3) is 0 Å². The number of nitrogens with zero attached hydrogens (tertiary/aromatic N) is 3. The number of thioether (sulfide) groups is 1. The average Bonchev–Trinajstić information content (AvgIpc) is 3.11. The molecule has 1 atom stereocenters. The van der Waals surface area contributed by atoms with Gasteiger partial charge in [-0.15, -0.1) is 10.2 Å². The van der Waals surface area contributed by atoms with Crippen molar-refractivity contribution in [2.45, 2.75) is 31.7 Å². The molecule has 3 rings (SSSR count). The first-order valence-corrected chi connectivity index (χ1v) is 9.78. The maximum Gasteiger partial charge on any atom is 0.234 e. The Labute approximate surface area is 163 Å². The highest BCUT2D eigenvalue weighted by Gasteiger charge is 2.19. The van der Waals surface area contributed by atoms with Crippen LogP contribution in [0.1, 0.15) is 25.8 Å². The summed E-state index contributed by atoms with van der Waals surface area (Å²) in [6.07, 6.45) is -0.243. The Kier molecular flexibility index (Phi) is 6.49. The van der Waals surface area contributed by atoms with E-state index in [9.17, 15) is 4.79 Å². The Morgan fingerprint density at radius 3 is 2.44 bits per heavy atom. The van der Waals surface area contributed by atoms with E-state index in [4.69, 9.17) is 4.74 Å². The summed E-state index contributed by atoms with van der Waals surface area (Å²) >= 11 is 1.37. The summed E-state index contributed by atoms with van der Waals surface area (Å²) in [5.74, 6) is 1.72. The molecular weight excluding hydrogens is 360 g/mol. The van der Waals surface area contributed by atoms with Crippen molar-refractivity contribution in [2.75, 3.05) is 11.1 Å². The van der Waals surface area contributed by atoms with Gasteiger partial charge >= 0.3 is 0 Å². The molecule has 0 aliphatic rings. The molecule has 1 heterocycles. The summed E-state index contributed by atoms with van der Waals surface area (Å²) in [5, 5.41) is 12.1. The van der Waals surface area contributed by atoms with Crippen LogP contribution in [-0.2, 0) is 11.3 Å². The highest BCUT2D eigenvalue weighted by atomic mass is 32.2. The molecule has 0 aliphatic carbocycles. The van der Waals surface area contributed by atoms with Crippen LogP contribution in [0, 0.1) is 0 Å². The predicted octanol–water partition coefficient (Wildman–Crippen LogP) is 4.17. The Bertz CT molecular complexity index is 868. The van der Waals surface area contributed by atoms with E-state index in [0.29, 0.717) is 11.7 Å². The van der Waals surface area contributed by atoms with Crippen molar-refractivity contribution >= 4 is 23.4 Å². The number of para-hydroxylation sites is 2. The van der Waals surface area contributed by atoms with Crippen molar-refractivity contribution in [3.05, 3.63) is 66.5 Å². The largest absolute Gasteiger partial charge is 0.483 e. The Balaban J connectivity index is 1.62. The maximum atomic E-state index is 12.2. The molecule has 3 aromatic rings. The van der Waals surface area contributed by atoms with Gasteiger partial charge in [-0.25, -0.2) is 0 Å². The minimum Gasteiger partial charge on any atom is -0.483 e. The second-order valence-corrected chi connectivity index (χ2v) is 6.80. The topological polar surface area (TPSA) is 69.0 Å². The fourth-order valence-electron chi connectivity index (χ4n) is 2.61. The van der Waals surface area contributed by atoms with Crippen molar-refractivity contribution < 1.29 is 9.53 Å². The quantitative estimate of drug-likeness (QED) is 0.592. The van der Waals surface area contributed by atoms with Crippen molar-refractivity contribution in [3.63, 3.8) is 0 Å². The molecule has 7 heteroatoms. The summed E-state index contributed by atoms with van der Waals surface area (Å²) in [6, 6.07) is 19.0. The molecule has 0 bridgehead atoms. The molecule has 1 N–H and O–H groups in total. The molecular formula is C20H22N4O2S. The van der Waals surface area contributed by atoms with Gasteiger partial charge < -0.3 is 14.6 Å². The van der Waals surface area contributed by atoms with E-state index in [1.807, 2.05) is 79.1 Å². The number of carbonyl (C=O) groups excluding carboxylic acids is 1. The van der Waals surface area contributed by atoms with Crippen molar-refractivity contribution in [1.82, 2.24) is 14.8 Å². The molecule has 0 saturated heterocycles. The number of nitrogens with one attached hydrogen (secondary N) is 1. The summed E-state index contributed by atoms with van der Waals surface area (Å²) in [4.78, 5) is 12.2. The number of amides is 1. The van der Waals surface area contributed by atoms with Crippen LogP contribution >= 0.6 is 11.8 Å². The van der Waals surface area contributed by atoms with Crippen LogP contribution in [0.3, 0.4) is 0 Å². The Morgan fingerprint density at radius 1 is 1.11 bits per heavy atom. The molecule has 1 aromatic heterocycles. The third-order valence-electron chi connectivity index (χ3n) is 3.87. The highest BCUT2D eigenvalue weighted by Crippen LogP contribution is 2.24. The van der Waals surface area contributed by atoms with Crippen molar-refractivity contribution in [1.29, 1.82) is 0 Å². The zero-order chi connectivity index (χ0) is 19.1. The van der Waals surface area contributed by atoms with Crippen molar-refractivity contribution in [3.8, 4) is 5.75 Å². The van der Waals surface area contributed by atoms with Gasteiger partial charge in [0.2, 0.25) is 5.91 Å². The monoisotopic (exact) mass is 382 g/mol. The first-order valence-electron chi connectivity index (χ1n) is 8.80.